The van der Waals surface area contributed by atoms with Gasteiger partial charge in [0.15, 0.2) is 0 Å². The molecule has 0 rings (SSSR count). The Morgan fingerprint density at radius 1 is 0.385 bits per heavy atom. The van der Waals surface area contributed by atoms with Crippen molar-refractivity contribution in [3.8, 4) is 0 Å². The van der Waals surface area contributed by atoms with E-state index in [0.717, 1.165) is 13.0 Å². The van der Waals surface area contributed by atoms with Gasteiger partial charge < -0.3 is 28.8 Å². The summed E-state index contributed by atoms with van der Waals surface area (Å²) in [5.41, 5.74) is 0. The lowest BCUT2D eigenvalue weighted by atomic mass is 10.0. The molecule has 0 heterocycles. The molecule has 0 radical (unpaired) electrons. The molecule has 5 atom stereocenters. The van der Waals surface area contributed by atoms with Gasteiger partial charge in [-0.3, -0.25) is 0 Å². The normalized spacial score (nSPS) is 15.8. The first-order valence-corrected chi connectivity index (χ1v) is 16.6. The Kier molecular flexibility index (Phi) is 29.1. The highest BCUT2D eigenvalue weighted by Crippen LogP contribution is 2.14. The van der Waals surface area contributed by atoms with Crippen LogP contribution in [0.5, 0.6) is 0 Å². The van der Waals surface area contributed by atoms with E-state index in [0.29, 0.717) is 26.4 Å². The van der Waals surface area contributed by atoms with E-state index in [-0.39, 0.29) is 37.1 Å². The van der Waals surface area contributed by atoms with Crippen LogP contribution in [-0.4, -0.2) is 75.3 Å². The highest BCUT2D eigenvalue weighted by molar-refractivity contribution is 4.58. The summed E-state index contributed by atoms with van der Waals surface area (Å²) in [4.78, 5) is 0. The zero-order chi connectivity index (χ0) is 29.0. The monoisotopic (exact) mass is 561 g/mol. The minimum Gasteiger partial charge on any atom is -0.394 e. The van der Waals surface area contributed by atoms with Crippen LogP contribution in [0.25, 0.3) is 0 Å². The van der Waals surface area contributed by atoms with Gasteiger partial charge in [-0.05, 0) is 41.0 Å². The maximum absolute atomic E-state index is 9.00. The first-order valence-electron chi connectivity index (χ1n) is 16.6. The Bertz CT molecular complexity index is 477. The molecule has 0 aliphatic carbocycles. The molecule has 0 aliphatic heterocycles. The van der Waals surface area contributed by atoms with Gasteiger partial charge in [-0.1, -0.05) is 103 Å². The van der Waals surface area contributed by atoms with Crippen LogP contribution in [0.2, 0.25) is 0 Å². The van der Waals surface area contributed by atoms with Crippen molar-refractivity contribution in [2.45, 2.75) is 175 Å². The molecule has 1 N–H and O–H groups in total. The lowest BCUT2D eigenvalue weighted by Crippen LogP contribution is -2.29. The summed E-state index contributed by atoms with van der Waals surface area (Å²) in [5, 5.41) is 9.00. The largest absolute Gasteiger partial charge is 0.394 e. The maximum Gasteiger partial charge on any atom is 0.0781 e. The molecule has 236 valence electrons. The molecule has 0 fully saturated rings. The number of aliphatic hydroxyl groups excluding tert-OH is 1. The van der Waals surface area contributed by atoms with Gasteiger partial charge in [0.25, 0.3) is 0 Å². The van der Waals surface area contributed by atoms with Gasteiger partial charge in [0, 0.05) is 6.61 Å². The molecule has 6 heteroatoms. The molecule has 0 spiro atoms. The molecule has 0 saturated carbocycles. The molecular weight excluding hydrogens is 492 g/mol. The van der Waals surface area contributed by atoms with Gasteiger partial charge in [-0.2, -0.15) is 0 Å². The molecule has 0 aromatic heterocycles. The molecule has 39 heavy (non-hydrogen) atoms. The Hall–Kier alpha value is -0.240. The SMILES string of the molecule is CCCCCCCCCCCCCCCCCCOC(C)COC(C)COC(C)COC(C)COC(C)CO. The lowest BCUT2D eigenvalue weighted by Gasteiger charge is -2.21. The number of hydrogen-bond donors (Lipinski definition) is 1. The van der Waals surface area contributed by atoms with Crippen molar-refractivity contribution in [3.05, 3.63) is 0 Å². The summed E-state index contributed by atoms with van der Waals surface area (Å²) < 4.78 is 28.9. The smallest absolute Gasteiger partial charge is 0.0781 e. The summed E-state index contributed by atoms with van der Waals surface area (Å²) >= 11 is 0. The minimum absolute atomic E-state index is 0.0141. The molecule has 0 aromatic rings. The highest BCUT2D eigenvalue weighted by atomic mass is 16.6. The first kappa shape index (κ1) is 38.8. The third kappa shape index (κ3) is 29.1. The molecule has 0 bridgehead atoms. The Balaban J connectivity index is 3.44. The molecular formula is C33H68O6. The zero-order valence-electron chi connectivity index (χ0n) is 26.9. The van der Waals surface area contributed by atoms with Gasteiger partial charge in [-0.15, -0.1) is 0 Å². The van der Waals surface area contributed by atoms with Gasteiger partial charge in [0.05, 0.1) is 63.6 Å². The van der Waals surface area contributed by atoms with Crippen LogP contribution in [0.4, 0.5) is 0 Å². The third-order valence-corrected chi connectivity index (χ3v) is 7.12. The fourth-order valence-corrected chi connectivity index (χ4v) is 4.38. The van der Waals surface area contributed by atoms with Crippen LogP contribution in [0.15, 0.2) is 0 Å². The van der Waals surface area contributed by atoms with Crippen molar-refractivity contribution in [2.24, 2.45) is 0 Å². The van der Waals surface area contributed by atoms with Crippen LogP contribution in [0, 0.1) is 0 Å². The van der Waals surface area contributed by atoms with E-state index in [9.17, 15) is 0 Å². The summed E-state index contributed by atoms with van der Waals surface area (Å²) in [6, 6.07) is 0. The standard InChI is InChI=1S/C33H68O6/c1-7-8-9-10-11-12-13-14-15-16-17-18-19-20-21-22-23-35-30(3)25-37-32(5)27-39-33(6)28-38-31(4)26-36-29(2)24-34/h29-34H,7-28H2,1-6H3. The van der Waals surface area contributed by atoms with Crippen molar-refractivity contribution < 1.29 is 28.8 Å². The van der Waals surface area contributed by atoms with E-state index in [2.05, 4.69) is 13.8 Å². The van der Waals surface area contributed by atoms with Crippen LogP contribution < -0.4 is 0 Å². The molecule has 0 aromatic carbocycles. The molecule has 6 nitrogen and oxygen atoms in total. The molecule has 0 aliphatic rings. The van der Waals surface area contributed by atoms with E-state index >= 15 is 0 Å². The summed E-state index contributed by atoms with van der Waals surface area (Å²) in [6.45, 7) is 15.1. The molecule has 0 amide bonds. The van der Waals surface area contributed by atoms with Gasteiger partial charge in [-0.25, -0.2) is 0 Å². The van der Waals surface area contributed by atoms with Crippen molar-refractivity contribution >= 4 is 0 Å². The second-order valence-corrected chi connectivity index (χ2v) is 11.7. The predicted molar refractivity (Wildman–Crippen MR) is 164 cm³/mol. The van der Waals surface area contributed by atoms with Gasteiger partial charge in [0.2, 0.25) is 0 Å². The summed E-state index contributed by atoms with van der Waals surface area (Å²) in [7, 11) is 0. The highest BCUT2D eigenvalue weighted by Gasteiger charge is 2.12. The first-order chi connectivity index (χ1) is 18.9. The van der Waals surface area contributed by atoms with Crippen molar-refractivity contribution in [2.75, 3.05) is 39.6 Å². The fraction of sp³-hybridized carbons (Fsp3) is 1.00. The fourth-order valence-electron chi connectivity index (χ4n) is 4.38. The third-order valence-electron chi connectivity index (χ3n) is 7.12. The Morgan fingerprint density at radius 3 is 1.00 bits per heavy atom. The van der Waals surface area contributed by atoms with E-state index in [1.54, 1.807) is 0 Å². The predicted octanol–water partition coefficient (Wildman–Crippen LogP) is 8.27. The van der Waals surface area contributed by atoms with Crippen LogP contribution in [0.3, 0.4) is 0 Å². The minimum atomic E-state index is -0.164. The van der Waals surface area contributed by atoms with E-state index in [4.69, 9.17) is 28.8 Å². The van der Waals surface area contributed by atoms with Gasteiger partial charge in [0.1, 0.15) is 0 Å². The maximum atomic E-state index is 9.00. The van der Waals surface area contributed by atoms with E-state index in [1.807, 2.05) is 27.7 Å². The molecule has 0 saturated heterocycles. The van der Waals surface area contributed by atoms with Gasteiger partial charge >= 0.3 is 0 Å². The zero-order valence-corrected chi connectivity index (χ0v) is 26.9. The second-order valence-electron chi connectivity index (χ2n) is 11.7. The summed E-state index contributed by atoms with van der Waals surface area (Å²) in [5.74, 6) is 0. The van der Waals surface area contributed by atoms with Crippen LogP contribution >= 0.6 is 0 Å². The van der Waals surface area contributed by atoms with E-state index in [1.165, 1.54) is 96.3 Å². The average Bonchev–Trinajstić information content (AvgIpc) is 2.94. The Labute approximate surface area is 243 Å². The topological polar surface area (TPSA) is 66.4 Å². The number of ether oxygens (including phenoxy) is 5. The lowest BCUT2D eigenvalue weighted by molar-refractivity contribution is -0.0975. The van der Waals surface area contributed by atoms with Crippen molar-refractivity contribution in [1.82, 2.24) is 0 Å². The second kappa shape index (κ2) is 29.3. The van der Waals surface area contributed by atoms with E-state index < -0.39 is 0 Å². The number of rotatable bonds is 31. The number of hydrogen-bond acceptors (Lipinski definition) is 6. The average molecular weight is 561 g/mol. The van der Waals surface area contributed by atoms with Crippen molar-refractivity contribution in [3.63, 3.8) is 0 Å². The van der Waals surface area contributed by atoms with Crippen LogP contribution in [0.1, 0.15) is 144 Å². The summed E-state index contributed by atoms with van der Waals surface area (Å²) in [6.07, 6.45) is 22.1. The number of unbranched alkanes of at least 4 members (excludes halogenated alkanes) is 15. The van der Waals surface area contributed by atoms with Crippen LogP contribution in [-0.2, 0) is 23.7 Å². The Morgan fingerprint density at radius 2 is 0.667 bits per heavy atom. The molecule has 5 unspecified atom stereocenters. The quantitative estimate of drug-likeness (QED) is 0.0861. The van der Waals surface area contributed by atoms with Crippen molar-refractivity contribution in [1.29, 1.82) is 0 Å². The number of aliphatic hydroxyl groups is 1.